The fourth-order valence-electron chi connectivity index (χ4n) is 0.575. The summed E-state index contributed by atoms with van der Waals surface area (Å²) in [6.07, 6.45) is 3.09. The Morgan fingerprint density at radius 1 is 1.17 bits per heavy atom. The molecule has 0 spiro atoms. The molecule has 0 radical (unpaired) electrons. The summed E-state index contributed by atoms with van der Waals surface area (Å²) < 4.78 is 4.81. The van der Waals surface area contributed by atoms with Gasteiger partial charge in [-0.05, 0) is 13.3 Å². The van der Waals surface area contributed by atoms with Crippen molar-refractivity contribution in [2.75, 3.05) is 6.61 Å². The zero-order valence-corrected chi connectivity index (χ0v) is 10.5. The second-order valence-corrected chi connectivity index (χ2v) is 3.28. The summed E-state index contributed by atoms with van der Waals surface area (Å²) in [6, 6.07) is 0. The monoisotopic (exact) mass is 258 g/mol. The van der Waals surface area contributed by atoms with Gasteiger partial charge in [-0.2, -0.15) is 0 Å². The zero-order valence-electron chi connectivity index (χ0n) is 10.5. The van der Waals surface area contributed by atoms with Crippen LogP contribution in [0.4, 0.5) is 0 Å². The summed E-state index contributed by atoms with van der Waals surface area (Å²) in [5.41, 5.74) is 0.469. The first-order valence-electron chi connectivity index (χ1n) is 5.27. The second kappa shape index (κ2) is 11.4. The van der Waals surface area contributed by atoms with Gasteiger partial charge in [-0.3, -0.25) is 0 Å². The Morgan fingerprint density at radius 3 is 1.89 bits per heavy atom. The predicted molar refractivity (Wildman–Crippen MR) is 65.1 cm³/mol. The highest BCUT2D eigenvalue weighted by molar-refractivity contribution is 5.89. The normalized spacial score (nSPS) is 9.22. The van der Waals surface area contributed by atoms with E-state index in [1.807, 2.05) is 0 Å². The lowest BCUT2D eigenvalue weighted by Gasteiger charge is -2.01. The summed E-state index contributed by atoms with van der Waals surface area (Å²) in [4.78, 5) is 29.8. The lowest BCUT2D eigenvalue weighted by atomic mass is 10.3. The molecule has 102 valence electrons. The van der Waals surface area contributed by atoms with Gasteiger partial charge in [0.2, 0.25) is 0 Å². The minimum absolute atomic E-state index is 0.284. The van der Waals surface area contributed by atoms with E-state index in [0.717, 1.165) is 12.8 Å². The fourth-order valence-corrected chi connectivity index (χ4v) is 0.575. The SMILES string of the molecule is C=C(C)C(=O)OCCCC.O=C(O)/C=C\C(=O)O. The van der Waals surface area contributed by atoms with Gasteiger partial charge in [0, 0.05) is 17.7 Å². The van der Waals surface area contributed by atoms with Crippen LogP contribution in [0, 0.1) is 0 Å². The summed E-state index contributed by atoms with van der Waals surface area (Å²) in [5.74, 6) is -2.80. The fraction of sp³-hybridized carbons (Fsp3) is 0.417. The Hall–Kier alpha value is -2.11. The van der Waals surface area contributed by atoms with Crippen LogP contribution in [0.5, 0.6) is 0 Å². The molecule has 0 aliphatic carbocycles. The molecule has 0 bridgehead atoms. The largest absolute Gasteiger partial charge is 0.478 e. The molecule has 6 nitrogen and oxygen atoms in total. The topological polar surface area (TPSA) is 101 Å². The highest BCUT2D eigenvalue weighted by Gasteiger charge is 2.00. The van der Waals surface area contributed by atoms with Gasteiger partial charge < -0.3 is 14.9 Å². The van der Waals surface area contributed by atoms with Crippen molar-refractivity contribution in [3.05, 3.63) is 24.3 Å². The smallest absolute Gasteiger partial charge is 0.333 e. The number of hydrogen-bond donors (Lipinski definition) is 2. The lowest BCUT2D eigenvalue weighted by Crippen LogP contribution is -2.05. The van der Waals surface area contributed by atoms with Crippen LogP contribution in [-0.2, 0) is 19.1 Å². The molecule has 0 saturated carbocycles. The maximum Gasteiger partial charge on any atom is 0.333 e. The number of carboxylic acid groups (broad SMARTS) is 2. The molecule has 2 N–H and O–H groups in total. The van der Waals surface area contributed by atoms with E-state index in [-0.39, 0.29) is 5.97 Å². The molecular weight excluding hydrogens is 240 g/mol. The molecule has 6 heteroatoms. The predicted octanol–water partition coefficient (Wildman–Crippen LogP) is 1.62. The molecule has 0 aliphatic rings. The van der Waals surface area contributed by atoms with E-state index in [4.69, 9.17) is 14.9 Å². The summed E-state index contributed by atoms with van der Waals surface area (Å²) in [5, 5.41) is 15.6. The number of unbranched alkanes of at least 4 members (excludes halogenated alkanes) is 1. The van der Waals surface area contributed by atoms with Crippen LogP contribution >= 0.6 is 0 Å². The molecule has 0 saturated heterocycles. The number of esters is 1. The first-order valence-corrected chi connectivity index (χ1v) is 5.27. The molecular formula is C12H18O6. The molecule has 0 heterocycles. The van der Waals surface area contributed by atoms with Crippen LogP contribution in [0.3, 0.4) is 0 Å². The van der Waals surface area contributed by atoms with Gasteiger partial charge in [0.05, 0.1) is 6.61 Å². The van der Waals surface area contributed by atoms with Crippen molar-refractivity contribution in [1.29, 1.82) is 0 Å². The molecule has 0 rings (SSSR count). The van der Waals surface area contributed by atoms with Gasteiger partial charge in [0.1, 0.15) is 0 Å². The van der Waals surface area contributed by atoms with Gasteiger partial charge in [-0.25, -0.2) is 14.4 Å². The lowest BCUT2D eigenvalue weighted by molar-refractivity contribution is -0.139. The maximum atomic E-state index is 10.7. The van der Waals surface area contributed by atoms with Crippen molar-refractivity contribution in [2.24, 2.45) is 0 Å². The van der Waals surface area contributed by atoms with Crippen molar-refractivity contribution in [3.8, 4) is 0 Å². The third-order valence-corrected chi connectivity index (χ3v) is 1.45. The van der Waals surface area contributed by atoms with Crippen LogP contribution in [0.15, 0.2) is 24.3 Å². The number of rotatable bonds is 6. The van der Waals surface area contributed by atoms with E-state index in [9.17, 15) is 14.4 Å². The van der Waals surface area contributed by atoms with Crippen LogP contribution < -0.4 is 0 Å². The zero-order chi connectivity index (χ0) is 14.6. The van der Waals surface area contributed by atoms with Crippen LogP contribution in [0.25, 0.3) is 0 Å². The third-order valence-electron chi connectivity index (χ3n) is 1.45. The van der Waals surface area contributed by atoms with Crippen LogP contribution in [0.2, 0.25) is 0 Å². The Bertz CT molecular complexity index is 313. The quantitative estimate of drug-likeness (QED) is 0.426. The van der Waals surface area contributed by atoms with Crippen molar-refractivity contribution in [2.45, 2.75) is 26.7 Å². The Kier molecular flexibility index (Phi) is 11.5. The first kappa shape index (κ1) is 18.3. The molecule has 0 atom stereocenters. The highest BCUT2D eigenvalue weighted by atomic mass is 16.5. The molecule has 0 fully saturated rings. The Morgan fingerprint density at radius 2 is 1.61 bits per heavy atom. The number of hydrogen-bond acceptors (Lipinski definition) is 4. The average Bonchev–Trinajstić information content (AvgIpc) is 2.27. The molecule has 18 heavy (non-hydrogen) atoms. The third kappa shape index (κ3) is 16.3. The standard InChI is InChI=1S/C8H14O2.C4H4O4/c1-4-5-6-10-8(9)7(2)3;5-3(6)1-2-4(7)8/h2,4-6H2,1,3H3;1-2H,(H,5,6)(H,7,8)/b;2-1-. The minimum Gasteiger partial charge on any atom is -0.478 e. The summed E-state index contributed by atoms with van der Waals surface area (Å²) in [7, 11) is 0. The summed E-state index contributed by atoms with van der Waals surface area (Å²) >= 11 is 0. The van der Waals surface area contributed by atoms with Crippen molar-refractivity contribution in [3.63, 3.8) is 0 Å². The van der Waals surface area contributed by atoms with Crippen LogP contribution in [0.1, 0.15) is 26.7 Å². The molecule has 0 amide bonds. The van der Waals surface area contributed by atoms with Gasteiger partial charge in [-0.15, -0.1) is 0 Å². The molecule has 0 aromatic rings. The molecule has 0 aliphatic heterocycles. The first-order chi connectivity index (χ1) is 8.31. The second-order valence-electron chi connectivity index (χ2n) is 3.28. The van der Waals surface area contributed by atoms with Gasteiger partial charge in [-0.1, -0.05) is 19.9 Å². The number of ether oxygens (including phenoxy) is 1. The maximum absolute atomic E-state index is 10.7. The molecule has 0 aromatic carbocycles. The van der Waals surface area contributed by atoms with Crippen molar-refractivity contribution < 1.29 is 29.3 Å². The van der Waals surface area contributed by atoms with Gasteiger partial charge >= 0.3 is 17.9 Å². The van der Waals surface area contributed by atoms with E-state index < -0.39 is 11.9 Å². The highest BCUT2D eigenvalue weighted by Crippen LogP contribution is 1.94. The Labute approximate surface area is 106 Å². The minimum atomic E-state index is -1.26. The van der Waals surface area contributed by atoms with E-state index in [0.29, 0.717) is 24.3 Å². The van der Waals surface area contributed by atoms with Gasteiger partial charge in [0.25, 0.3) is 0 Å². The van der Waals surface area contributed by atoms with E-state index in [2.05, 4.69) is 13.5 Å². The number of carbonyl (C=O) groups is 3. The molecule has 0 unspecified atom stereocenters. The van der Waals surface area contributed by atoms with Gasteiger partial charge in [0.15, 0.2) is 0 Å². The van der Waals surface area contributed by atoms with E-state index in [1.165, 1.54) is 0 Å². The number of aliphatic carboxylic acids is 2. The number of carboxylic acids is 2. The van der Waals surface area contributed by atoms with E-state index in [1.54, 1.807) is 6.92 Å². The Balaban J connectivity index is 0. The van der Waals surface area contributed by atoms with Crippen molar-refractivity contribution >= 4 is 17.9 Å². The average molecular weight is 258 g/mol. The molecule has 0 aromatic heterocycles. The van der Waals surface area contributed by atoms with Crippen LogP contribution in [-0.4, -0.2) is 34.7 Å². The van der Waals surface area contributed by atoms with E-state index >= 15 is 0 Å². The van der Waals surface area contributed by atoms with Crippen molar-refractivity contribution in [1.82, 2.24) is 0 Å². The number of carbonyl (C=O) groups excluding carboxylic acids is 1. The summed E-state index contributed by atoms with van der Waals surface area (Å²) in [6.45, 7) is 7.67.